The molecule has 0 aliphatic heterocycles. The molecule has 0 heterocycles. The maximum atomic E-state index is 5.65. The lowest BCUT2D eigenvalue weighted by Gasteiger charge is -2.19. The van der Waals surface area contributed by atoms with Crippen LogP contribution in [0.25, 0.3) is 0 Å². The minimum absolute atomic E-state index is 0.185. The molecule has 1 aromatic rings. The van der Waals surface area contributed by atoms with E-state index in [1.54, 1.807) is 0 Å². The van der Waals surface area contributed by atoms with Crippen molar-refractivity contribution in [3.8, 4) is 5.75 Å². The number of para-hydroxylation sites is 1. The molecule has 1 rings (SSSR count). The van der Waals surface area contributed by atoms with Crippen LogP contribution in [0.3, 0.4) is 0 Å². The zero-order valence-corrected chi connectivity index (χ0v) is 10.9. The summed E-state index contributed by atoms with van der Waals surface area (Å²) in [6, 6.07) is 8.30. The fourth-order valence-corrected chi connectivity index (χ4v) is 1.98. The maximum Gasteiger partial charge on any atom is 0.124 e. The zero-order chi connectivity index (χ0) is 12.5. The van der Waals surface area contributed by atoms with Crippen LogP contribution in [-0.2, 0) is 0 Å². The van der Waals surface area contributed by atoms with Crippen LogP contribution in [0.2, 0.25) is 0 Å². The summed E-state index contributed by atoms with van der Waals surface area (Å²) in [5.74, 6) is 6.59. The van der Waals surface area contributed by atoms with E-state index in [4.69, 9.17) is 10.6 Å². The first-order valence-electron chi connectivity index (χ1n) is 6.51. The highest BCUT2D eigenvalue weighted by Crippen LogP contribution is 2.28. The predicted octanol–water partition coefficient (Wildman–Crippen LogP) is 3.17. The van der Waals surface area contributed by atoms with Gasteiger partial charge in [-0.2, -0.15) is 0 Å². The smallest absolute Gasteiger partial charge is 0.124 e. The van der Waals surface area contributed by atoms with E-state index in [1.165, 1.54) is 19.3 Å². The molecule has 0 spiro atoms. The lowest BCUT2D eigenvalue weighted by molar-refractivity contribution is 0.329. The van der Waals surface area contributed by atoms with Gasteiger partial charge in [-0.1, -0.05) is 44.4 Å². The molecule has 0 radical (unpaired) electrons. The lowest BCUT2D eigenvalue weighted by Crippen LogP contribution is -2.28. The topological polar surface area (TPSA) is 47.3 Å². The van der Waals surface area contributed by atoms with Crippen molar-refractivity contribution in [2.75, 3.05) is 6.61 Å². The quantitative estimate of drug-likeness (QED) is 0.414. The lowest BCUT2D eigenvalue weighted by atomic mass is 10.00. The van der Waals surface area contributed by atoms with Crippen LogP contribution in [0, 0.1) is 0 Å². The van der Waals surface area contributed by atoms with Crippen molar-refractivity contribution >= 4 is 0 Å². The average molecular weight is 236 g/mol. The molecule has 0 saturated carbocycles. The van der Waals surface area contributed by atoms with E-state index in [1.807, 2.05) is 25.1 Å². The average Bonchev–Trinajstić information content (AvgIpc) is 2.36. The SMILES string of the molecule is CCCCCC(NN)c1ccccc1OCC. The molecule has 0 bridgehead atoms. The Bertz CT molecular complexity index is 315. The van der Waals surface area contributed by atoms with Gasteiger partial charge in [-0.3, -0.25) is 11.3 Å². The highest BCUT2D eigenvalue weighted by atomic mass is 16.5. The normalized spacial score (nSPS) is 12.4. The number of unbranched alkanes of at least 4 members (excludes halogenated alkanes) is 2. The van der Waals surface area contributed by atoms with Crippen LogP contribution in [-0.4, -0.2) is 6.61 Å². The Hall–Kier alpha value is -1.06. The molecule has 0 aliphatic rings. The van der Waals surface area contributed by atoms with Crippen molar-refractivity contribution in [1.82, 2.24) is 5.43 Å². The number of hydrogen-bond acceptors (Lipinski definition) is 3. The molecule has 0 fully saturated rings. The molecule has 0 saturated heterocycles. The van der Waals surface area contributed by atoms with E-state index in [0.29, 0.717) is 6.61 Å². The first kappa shape index (κ1) is 14.0. The summed E-state index contributed by atoms with van der Waals surface area (Å²) in [7, 11) is 0. The fraction of sp³-hybridized carbons (Fsp3) is 0.571. The van der Waals surface area contributed by atoms with Gasteiger partial charge in [0, 0.05) is 11.6 Å². The Morgan fingerprint density at radius 3 is 2.65 bits per heavy atom. The van der Waals surface area contributed by atoms with E-state index in [-0.39, 0.29) is 6.04 Å². The number of nitrogens with one attached hydrogen (secondary N) is 1. The van der Waals surface area contributed by atoms with E-state index < -0.39 is 0 Å². The van der Waals surface area contributed by atoms with Crippen molar-refractivity contribution in [1.29, 1.82) is 0 Å². The highest BCUT2D eigenvalue weighted by molar-refractivity contribution is 5.35. The molecule has 0 aliphatic carbocycles. The summed E-state index contributed by atoms with van der Waals surface area (Å²) in [5.41, 5.74) is 4.06. The van der Waals surface area contributed by atoms with Gasteiger partial charge >= 0.3 is 0 Å². The van der Waals surface area contributed by atoms with Gasteiger partial charge in [0.2, 0.25) is 0 Å². The Balaban J connectivity index is 2.72. The molecule has 1 atom stereocenters. The molecule has 17 heavy (non-hydrogen) atoms. The number of hydrazine groups is 1. The molecule has 3 nitrogen and oxygen atoms in total. The second kappa shape index (κ2) is 8.09. The van der Waals surface area contributed by atoms with Crippen molar-refractivity contribution in [2.45, 2.75) is 45.6 Å². The third-order valence-corrected chi connectivity index (χ3v) is 2.89. The summed E-state index contributed by atoms with van der Waals surface area (Å²) in [6.07, 6.45) is 4.71. The van der Waals surface area contributed by atoms with Crippen LogP contribution >= 0.6 is 0 Å². The summed E-state index contributed by atoms with van der Waals surface area (Å²) in [6.45, 7) is 4.89. The van der Waals surface area contributed by atoms with Gasteiger partial charge in [-0.05, 0) is 19.4 Å². The first-order chi connectivity index (χ1) is 8.33. The predicted molar refractivity (Wildman–Crippen MR) is 71.8 cm³/mol. The van der Waals surface area contributed by atoms with Gasteiger partial charge < -0.3 is 4.74 Å². The molecule has 0 amide bonds. The standard InChI is InChI=1S/C14H24N2O/c1-3-5-6-10-13(16-15)12-9-7-8-11-14(12)17-4-2/h7-9,11,13,16H,3-6,10,15H2,1-2H3. The van der Waals surface area contributed by atoms with Gasteiger partial charge in [0.1, 0.15) is 5.75 Å². The van der Waals surface area contributed by atoms with Gasteiger partial charge in [0.25, 0.3) is 0 Å². The van der Waals surface area contributed by atoms with Crippen LogP contribution in [0.15, 0.2) is 24.3 Å². The first-order valence-corrected chi connectivity index (χ1v) is 6.51. The Kier molecular flexibility index (Phi) is 6.67. The van der Waals surface area contributed by atoms with Crippen LogP contribution in [0.5, 0.6) is 5.75 Å². The number of rotatable bonds is 8. The van der Waals surface area contributed by atoms with Crippen molar-refractivity contribution in [3.63, 3.8) is 0 Å². The molecular weight excluding hydrogens is 212 g/mol. The third-order valence-electron chi connectivity index (χ3n) is 2.89. The third kappa shape index (κ3) is 4.36. The molecule has 0 aromatic heterocycles. The number of benzene rings is 1. The van der Waals surface area contributed by atoms with Gasteiger partial charge in [-0.25, -0.2) is 0 Å². The van der Waals surface area contributed by atoms with Crippen molar-refractivity contribution < 1.29 is 4.74 Å². The highest BCUT2D eigenvalue weighted by Gasteiger charge is 2.13. The van der Waals surface area contributed by atoms with E-state index >= 15 is 0 Å². The van der Waals surface area contributed by atoms with Gasteiger partial charge in [0.15, 0.2) is 0 Å². The Labute approximate surface area is 104 Å². The number of hydrogen-bond donors (Lipinski definition) is 2. The summed E-state index contributed by atoms with van der Waals surface area (Å²) in [4.78, 5) is 0. The summed E-state index contributed by atoms with van der Waals surface area (Å²) >= 11 is 0. The van der Waals surface area contributed by atoms with Crippen molar-refractivity contribution in [2.24, 2.45) is 5.84 Å². The van der Waals surface area contributed by atoms with E-state index in [9.17, 15) is 0 Å². The molecule has 96 valence electrons. The molecular formula is C14H24N2O. The van der Waals surface area contributed by atoms with Gasteiger partial charge in [-0.15, -0.1) is 0 Å². The van der Waals surface area contributed by atoms with E-state index in [0.717, 1.165) is 17.7 Å². The fourth-order valence-electron chi connectivity index (χ4n) is 1.98. The molecule has 3 heteroatoms. The minimum Gasteiger partial charge on any atom is -0.494 e. The second-order valence-electron chi connectivity index (χ2n) is 4.19. The van der Waals surface area contributed by atoms with Crippen LogP contribution < -0.4 is 16.0 Å². The van der Waals surface area contributed by atoms with Crippen LogP contribution in [0.1, 0.15) is 51.1 Å². The Morgan fingerprint density at radius 2 is 2.00 bits per heavy atom. The molecule has 1 unspecified atom stereocenters. The summed E-state index contributed by atoms with van der Waals surface area (Å²) < 4.78 is 5.63. The monoisotopic (exact) mass is 236 g/mol. The van der Waals surface area contributed by atoms with E-state index in [2.05, 4.69) is 18.4 Å². The second-order valence-corrected chi connectivity index (χ2v) is 4.19. The van der Waals surface area contributed by atoms with Gasteiger partial charge in [0.05, 0.1) is 6.61 Å². The minimum atomic E-state index is 0.185. The number of nitrogens with two attached hydrogens (primary N) is 1. The summed E-state index contributed by atoms with van der Waals surface area (Å²) in [5, 5.41) is 0. The van der Waals surface area contributed by atoms with Crippen molar-refractivity contribution in [3.05, 3.63) is 29.8 Å². The number of ether oxygens (including phenoxy) is 1. The zero-order valence-electron chi connectivity index (χ0n) is 10.9. The Morgan fingerprint density at radius 1 is 1.24 bits per heavy atom. The molecule has 1 aromatic carbocycles. The molecule has 3 N–H and O–H groups in total. The maximum absolute atomic E-state index is 5.65. The van der Waals surface area contributed by atoms with Crippen LogP contribution in [0.4, 0.5) is 0 Å². The largest absolute Gasteiger partial charge is 0.494 e.